The highest BCUT2D eigenvalue weighted by Gasteiger charge is 2.12. The zero-order valence-electron chi connectivity index (χ0n) is 11.0. The number of hydrogen-bond acceptors (Lipinski definition) is 4. The van der Waals surface area contributed by atoms with E-state index in [0.717, 1.165) is 0 Å². The van der Waals surface area contributed by atoms with Crippen molar-refractivity contribution in [1.82, 2.24) is 10.6 Å². The summed E-state index contributed by atoms with van der Waals surface area (Å²) >= 11 is 0. The van der Waals surface area contributed by atoms with Crippen molar-refractivity contribution < 1.29 is 14.6 Å². The number of carbonyl (C=O) groups is 1. The van der Waals surface area contributed by atoms with Crippen LogP contribution in [-0.2, 0) is 11.3 Å². The molecule has 100 valence electrons. The Balaban J connectivity index is 2.60. The average molecular weight is 252 g/mol. The van der Waals surface area contributed by atoms with E-state index in [1.54, 1.807) is 32.2 Å². The van der Waals surface area contributed by atoms with E-state index in [4.69, 9.17) is 4.74 Å². The molecule has 5 heteroatoms. The number of aromatic hydroxyl groups is 1. The van der Waals surface area contributed by atoms with Crippen molar-refractivity contribution in [3.8, 4) is 11.5 Å². The predicted molar refractivity (Wildman–Crippen MR) is 69.6 cm³/mol. The predicted octanol–water partition coefficient (Wildman–Crippen LogP) is 1.01. The first-order chi connectivity index (χ1) is 8.58. The van der Waals surface area contributed by atoms with Crippen LogP contribution in [0.15, 0.2) is 18.2 Å². The Morgan fingerprint density at radius 2 is 2.22 bits per heavy atom. The Labute approximate surface area is 107 Å². The van der Waals surface area contributed by atoms with Gasteiger partial charge in [-0.1, -0.05) is 0 Å². The van der Waals surface area contributed by atoms with Gasteiger partial charge in [0.05, 0.1) is 13.2 Å². The molecule has 1 rings (SSSR count). The van der Waals surface area contributed by atoms with Gasteiger partial charge >= 0.3 is 0 Å². The maximum atomic E-state index is 11.5. The van der Waals surface area contributed by atoms with E-state index in [1.165, 1.54) is 0 Å². The molecule has 1 unspecified atom stereocenters. The minimum Gasteiger partial charge on any atom is -0.508 e. The highest BCUT2D eigenvalue weighted by atomic mass is 16.5. The van der Waals surface area contributed by atoms with Crippen LogP contribution in [0.5, 0.6) is 11.5 Å². The molecule has 0 heterocycles. The summed E-state index contributed by atoms with van der Waals surface area (Å²) in [5.74, 6) is 0.807. The summed E-state index contributed by atoms with van der Waals surface area (Å²) in [5.41, 5.74) is 0.700. The fourth-order valence-electron chi connectivity index (χ4n) is 1.51. The molecule has 0 radical (unpaired) electrons. The van der Waals surface area contributed by atoms with Gasteiger partial charge in [-0.15, -0.1) is 0 Å². The van der Waals surface area contributed by atoms with E-state index < -0.39 is 0 Å². The fourth-order valence-corrected chi connectivity index (χ4v) is 1.51. The topological polar surface area (TPSA) is 70.6 Å². The molecular formula is C13H20N2O3. The van der Waals surface area contributed by atoms with Crippen molar-refractivity contribution >= 4 is 5.91 Å². The molecule has 0 aliphatic heterocycles. The normalized spacial score (nSPS) is 11.9. The fraction of sp³-hybridized carbons (Fsp3) is 0.462. The molecule has 0 spiro atoms. The number of ether oxygens (including phenoxy) is 1. The molecule has 0 bridgehead atoms. The van der Waals surface area contributed by atoms with Gasteiger partial charge in [0.25, 0.3) is 0 Å². The van der Waals surface area contributed by atoms with Crippen molar-refractivity contribution in [1.29, 1.82) is 0 Å². The summed E-state index contributed by atoms with van der Waals surface area (Å²) < 4.78 is 5.08. The molecular weight excluding hydrogens is 232 g/mol. The molecule has 1 amide bonds. The number of benzene rings is 1. The van der Waals surface area contributed by atoms with E-state index >= 15 is 0 Å². The van der Waals surface area contributed by atoms with Gasteiger partial charge in [0.2, 0.25) is 5.91 Å². The molecule has 1 atom stereocenters. The Hall–Kier alpha value is -1.75. The Bertz CT molecular complexity index is 407. The summed E-state index contributed by atoms with van der Waals surface area (Å²) in [4.78, 5) is 11.5. The first-order valence-electron chi connectivity index (χ1n) is 5.95. The smallest absolute Gasteiger partial charge is 0.236 e. The van der Waals surface area contributed by atoms with Crippen LogP contribution in [0.1, 0.15) is 19.4 Å². The van der Waals surface area contributed by atoms with Crippen LogP contribution in [0, 0.1) is 0 Å². The maximum absolute atomic E-state index is 11.5. The third kappa shape index (κ3) is 3.92. The summed E-state index contributed by atoms with van der Waals surface area (Å²) in [6.45, 7) is 4.66. The van der Waals surface area contributed by atoms with Crippen LogP contribution in [-0.4, -0.2) is 30.7 Å². The third-order valence-electron chi connectivity index (χ3n) is 2.63. The number of likely N-dealkylation sites (N-methyl/N-ethyl adjacent to an activating group) is 1. The van der Waals surface area contributed by atoms with Crippen LogP contribution in [0.2, 0.25) is 0 Å². The molecule has 1 aromatic carbocycles. The van der Waals surface area contributed by atoms with E-state index in [2.05, 4.69) is 10.6 Å². The number of phenols is 1. The Morgan fingerprint density at radius 1 is 1.50 bits per heavy atom. The first-order valence-corrected chi connectivity index (χ1v) is 5.95. The largest absolute Gasteiger partial charge is 0.508 e. The van der Waals surface area contributed by atoms with Gasteiger partial charge in [0.1, 0.15) is 11.5 Å². The highest BCUT2D eigenvalue weighted by molar-refractivity contribution is 5.81. The zero-order valence-corrected chi connectivity index (χ0v) is 11.0. The molecule has 0 aliphatic carbocycles. The summed E-state index contributed by atoms with van der Waals surface area (Å²) in [6, 6.07) is 4.70. The number of phenolic OH excluding ortho intramolecular Hbond substituents is 1. The second kappa shape index (κ2) is 6.86. The van der Waals surface area contributed by atoms with E-state index in [0.29, 0.717) is 24.4 Å². The summed E-state index contributed by atoms with van der Waals surface area (Å²) in [7, 11) is 1.57. The van der Waals surface area contributed by atoms with Crippen molar-refractivity contribution in [2.24, 2.45) is 0 Å². The van der Waals surface area contributed by atoms with Crippen LogP contribution >= 0.6 is 0 Å². The van der Waals surface area contributed by atoms with Gasteiger partial charge < -0.3 is 20.5 Å². The number of nitrogens with one attached hydrogen (secondary N) is 2. The van der Waals surface area contributed by atoms with Gasteiger partial charge in [-0.05, 0) is 32.0 Å². The molecule has 0 saturated heterocycles. The van der Waals surface area contributed by atoms with Gasteiger partial charge in [-0.3, -0.25) is 4.79 Å². The third-order valence-corrected chi connectivity index (χ3v) is 2.63. The lowest BCUT2D eigenvalue weighted by atomic mass is 10.1. The Kier molecular flexibility index (Phi) is 5.45. The maximum Gasteiger partial charge on any atom is 0.236 e. The zero-order chi connectivity index (χ0) is 13.5. The molecule has 0 saturated carbocycles. The minimum absolute atomic E-state index is 0.0557. The second-order valence-electron chi connectivity index (χ2n) is 3.99. The van der Waals surface area contributed by atoms with Crippen LogP contribution in [0.3, 0.4) is 0 Å². The lowest BCUT2D eigenvalue weighted by Gasteiger charge is -2.14. The standard InChI is InChI=1S/C13H20N2O3/c1-4-14-13(17)9(2)15-8-10-7-11(18-3)5-6-12(10)16/h5-7,9,15-16H,4,8H2,1-3H3,(H,14,17). The van der Waals surface area contributed by atoms with Crippen molar-refractivity contribution in [2.45, 2.75) is 26.4 Å². The van der Waals surface area contributed by atoms with Crippen molar-refractivity contribution in [3.05, 3.63) is 23.8 Å². The van der Waals surface area contributed by atoms with Gasteiger partial charge in [0.15, 0.2) is 0 Å². The van der Waals surface area contributed by atoms with Crippen LogP contribution < -0.4 is 15.4 Å². The number of rotatable bonds is 6. The molecule has 1 aromatic rings. The molecule has 0 aromatic heterocycles. The molecule has 5 nitrogen and oxygen atoms in total. The second-order valence-corrected chi connectivity index (χ2v) is 3.99. The lowest BCUT2D eigenvalue weighted by molar-refractivity contribution is -0.122. The number of hydrogen-bond donors (Lipinski definition) is 3. The van der Waals surface area contributed by atoms with Crippen molar-refractivity contribution in [2.75, 3.05) is 13.7 Å². The monoisotopic (exact) mass is 252 g/mol. The van der Waals surface area contributed by atoms with Gasteiger partial charge in [0, 0.05) is 18.7 Å². The molecule has 0 fully saturated rings. The number of carbonyl (C=O) groups excluding carboxylic acids is 1. The molecule has 0 aliphatic rings. The number of amides is 1. The van der Waals surface area contributed by atoms with Crippen LogP contribution in [0.25, 0.3) is 0 Å². The lowest BCUT2D eigenvalue weighted by Crippen LogP contribution is -2.41. The van der Waals surface area contributed by atoms with Gasteiger partial charge in [-0.2, -0.15) is 0 Å². The average Bonchev–Trinajstić information content (AvgIpc) is 2.37. The summed E-state index contributed by atoms with van der Waals surface area (Å²) in [5, 5.41) is 15.5. The van der Waals surface area contributed by atoms with Crippen LogP contribution in [0.4, 0.5) is 0 Å². The van der Waals surface area contributed by atoms with E-state index in [9.17, 15) is 9.90 Å². The van der Waals surface area contributed by atoms with Gasteiger partial charge in [-0.25, -0.2) is 0 Å². The minimum atomic E-state index is -0.310. The van der Waals surface area contributed by atoms with E-state index in [1.807, 2.05) is 6.92 Å². The summed E-state index contributed by atoms with van der Waals surface area (Å²) in [6.07, 6.45) is 0. The SMILES string of the molecule is CCNC(=O)C(C)NCc1cc(OC)ccc1O. The van der Waals surface area contributed by atoms with E-state index in [-0.39, 0.29) is 17.7 Å². The molecule has 18 heavy (non-hydrogen) atoms. The Morgan fingerprint density at radius 3 is 2.83 bits per heavy atom. The van der Waals surface area contributed by atoms with Crippen molar-refractivity contribution in [3.63, 3.8) is 0 Å². The number of methoxy groups -OCH3 is 1. The highest BCUT2D eigenvalue weighted by Crippen LogP contribution is 2.22. The first kappa shape index (κ1) is 14.3. The quantitative estimate of drug-likeness (QED) is 0.707. The molecule has 3 N–H and O–H groups in total.